The highest BCUT2D eigenvalue weighted by atomic mass is 32.2. The van der Waals surface area contributed by atoms with Crippen LogP contribution < -0.4 is 5.32 Å². The predicted octanol–water partition coefficient (Wildman–Crippen LogP) is 1.21. The lowest BCUT2D eigenvalue weighted by molar-refractivity contribution is 0.134. The van der Waals surface area contributed by atoms with E-state index in [1.807, 2.05) is 0 Å². The smallest absolute Gasteiger partial charge is 0.317 e. The summed E-state index contributed by atoms with van der Waals surface area (Å²) in [6.07, 6.45) is 0.812. The second-order valence-corrected chi connectivity index (χ2v) is 8.05. The van der Waals surface area contributed by atoms with Crippen molar-refractivity contribution in [3.63, 3.8) is 0 Å². The molecule has 0 saturated carbocycles. The molecule has 1 aromatic carbocycles. The van der Waals surface area contributed by atoms with Crippen LogP contribution in [0.25, 0.3) is 0 Å². The summed E-state index contributed by atoms with van der Waals surface area (Å²) in [5.74, 6) is -0.217. The quantitative estimate of drug-likeness (QED) is 0.795. The van der Waals surface area contributed by atoms with E-state index in [2.05, 4.69) is 5.32 Å². The number of hydrogen-bond donors (Lipinski definition) is 1. The van der Waals surface area contributed by atoms with Gasteiger partial charge in [0.25, 0.3) is 0 Å². The summed E-state index contributed by atoms with van der Waals surface area (Å²) in [6.45, 7) is 0.933. The number of urea groups is 1. The summed E-state index contributed by atoms with van der Waals surface area (Å²) >= 11 is 0. The van der Waals surface area contributed by atoms with E-state index in [9.17, 15) is 17.6 Å². The number of carbonyl (C=O) groups is 1. The number of methoxy groups -OCH3 is 1. The van der Waals surface area contributed by atoms with E-state index in [1.165, 1.54) is 18.1 Å². The Morgan fingerprint density at radius 3 is 2.79 bits per heavy atom. The number of nitrogens with zero attached hydrogens (tertiary/aromatic N) is 1. The predicted molar refractivity (Wildman–Crippen MR) is 89.1 cm³/mol. The SMILES string of the molecule is COCCN(C(=O)NCCc1ccccc1F)C1CCS(=O)(=O)C1. The Hall–Kier alpha value is -1.67. The van der Waals surface area contributed by atoms with Crippen LogP contribution in [0.4, 0.5) is 9.18 Å². The summed E-state index contributed by atoms with van der Waals surface area (Å²) in [5, 5.41) is 2.74. The lowest BCUT2D eigenvalue weighted by atomic mass is 10.1. The molecule has 1 unspecified atom stereocenters. The van der Waals surface area contributed by atoms with E-state index in [-0.39, 0.29) is 35.9 Å². The van der Waals surface area contributed by atoms with Crippen LogP contribution in [0.1, 0.15) is 12.0 Å². The Balaban J connectivity index is 1.91. The van der Waals surface area contributed by atoms with Gasteiger partial charge in [0.15, 0.2) is 9.84 Å². The van der Waals surface area contributed by atoms with Gasteiger partial charge >= 0.3 is 6.03 Å². The van der Waals surface area contributed by atoms with Crippen molar-refractivity contribution >= 4 is 15.9 Å². The first-order chi connectivity index (χ1) is 11.4. The summed E-state index contributed by atoms with van der Waals surface area (Å²) in [5.41, 5.74) is 0.532. The first-order valence-electron chi connectivity index (χ1n) is 7.90. The molecule has 0 aliphatic carbocycles. The summed E-state index contributed by atoms with van der Waals surface area (Å²) < 4.78 is 41.9. The van der Waals surface area contributed by atoms with E-state index in [4.69, 9.17) is 4.74 Å². The average molecular weight is 358 g/mol. The van der Waals surface area contributed by atoms with Crippen LogP contribution in [0.5, 0.6) is 0 Å². The molecule has 1 N–H and O–H groups in total. The third-order valence-electron chi connectivity index (χ3n) is 4.07. The van der Waals surface area contributed by atoms with E-state index in [0.29, 0.717) is 31.6 Å². The molecule has 1 saturated heterocycles. The molecular formula is C16H23FN2O4S. The Labute approximate surface area is 141 Å². The number of benzene rings is 1. The Bertz CT molecular complexity index is 666. The highest BCUT2D eigenvalue weighted by molar-refractivity contribution is 7.91. The monoisotopic (exact) mass is 358 g/mol. The maximum absolute atomic E-state index is 13.6. The van der Waals surface area contributed by atoms with Gasteiger partial charge in [0.2, 0.25) is 0 Å². The van der Waals surface area contributed by atoms with Crippen molar-refractivity contribution in [1.82, 2.24) is 10.2 Å². The third kappa shape index (κ3) is 5.17. The molecule has 1 fully saturated rings. The fourth-order valence-electron chi connectivity index (χ4n) is 2.77. The topological polar surface area (TPSA) is 75.7 Å². The largest absolute Gasteiger partial charge is 0.383 e. The van der Waals surface area contributed by atoms with E-state index < -0.39 is 9.84 Å². The van der Waals surface area contributed by atoms with Gasteiger partial charge in [-0.25, -0.2) is 17.6 Å². The number of carbonyl (C=O) groups excluding carboxylic acids is 1. The molecular weight excluding hydrogens is 335 g/mol. The molecule has 2 rings (SSSR count). The first-order valence-corrected chi connectivity index (χ1v) is 9.72. The molecule has 1 aliphatic rings. The molecule has 0 radical (unpaired) electrons. The lowest BCUT2D eigenvalue weighted by Crippen LogP contribution is -2.48. The van der Waals surface area contributed by atoms with Crippen molar-refractivity contribution in [2.45, 2.75) is 18.9 Å². The van der Waals surface area contributed by atoms with Gasteiger partial charge in [0.05, 0.1) is 18.1 Å². The van der Waals surface area contributed by atoms with Gasteiger partial charge in [0.1, 0.15) is 5.82 Å². The molecule has 0 spiro atoms. The van der Waals surface area contributed by atoms with Gasteiger partial charge in [-0.05, 0) is 24.5 Å². The molecule has 8 heteroatoms. The molecule has 134 valence electrons. The number of hydrogen-bond acceptors (Lipinski definition) is 4. The highest BCUT2D eigenvalue weighted by Crippen LogP contribution is 2.18. The fraction of sp³-hybridized carbons (Fsp3) is 0.562. The van der Waals surface area contributed by atoms with Gasteiger partial charge in [0, 0.05) is 26.2 Å². The van der Waals surface area contributed by atoms with Crippen molar-refractivity contribution in [2.24, 2.45) is 0 Å². The molecule has 1 aliphatic heterocycles. The fourth-order valence-corrected chi connectivity index (χ4v) is 4.50. The number of amides is 2. The van der Waals surface area contributed by atoms with Crippen LogP contribution in [0.2, 0.25) is 0 Å². The van der Waals surface area contributed by atoms with Crippen LogP contribution >= 0.6 is 0 Å². The zero-order chi connectivity index (χ0) is 17.6. The number of nitrogens with one attached hydrogen (secondary N) is 1. The molecule has 6 nitrogen and oxygen atoms in total. The maximum atomic E-state index is 13.6. The van der Waals surface area contributed by atoms with E-state index in [1.54, 1.807) is 18.2 Å². The maximum Gasteiger partial charge on any atom is 0.317 e. The van der Waals surface area contributed by atoms with Crippen LogP contribution in [0.3, 0.4) is 0 Å². The van der Waals surface area contributed by atoms with Crippen molar-refractivity contribution in [2.75, 3.05) is 38.3 Å². The standard InChI is InChI=1S/C16H23FN2O4S/c1-23-10-9-19(14-7-11-24(21,22)12-14)16(20)18-8-6-13-4-2-3-5-15(13)17/h2-5,14H,6-12H2,1H3,(H,18,20). The molecule has 1 aromatic rings. The normalized spacial score (nSPS) is 19.2. The third-order valence-corrected chi connectivity index (χ3v) is 5.83. The van der Waals surface area contributed by atoms with Gasteiger partial charge in [-0.3, -0.25) is 0 Å². The number of rotatable bonds is 7. The minimum atomic E-state index is -3.08. The van der Waals surface area contributed by atoms with E-state index in [0.717, 1.165) is 0 Å². The molecule has 24 heavy (non-hydrogen) atoms. The molecule has 1 heterocycles. The van der Waals surface area contributed by atoms with E-state index >= 15 is 0 Å². The van der Waals surface area contributed by atoms with Crippen molar-refractivity contribution in [1.29, 1.82) is 0 Å². The first kappa shape index (κ1) is 18.7. The molecule has 2 amide bonds. The lowest BCUT2D eigenvalue weighted by Gasteiger charge is -2.28. The van der Waals surface area contributed by atoms with Gasteiger partial charge in [-0.15, -0.1) is 0 Å². The number of sulfone groups is 1. The van der Waals surface area contributed by atoms with Gasteiger partial charge < -0.3 is 15.0 Å². The summed E-state index contributed by atoms with van der Waals surface area (Å²) in [6, 6.07) is 5.74. The Morgan fingerprint density at radius 2 is 2.17 bits per heavy atom. The van der Waals surface area contributed by atoms with Crippen molar-refractivity contribution in [3.05, 3.63) is 35.6 Å². The number of ether oxygens (including phenoxy) is 1. The zero-order valence-corrected chi connectivity index (χ0v) is 14.5. The minimum Gasteiger partial charge on any atom is -0.383 e. The Kier molecular flexibility index (Phi) is 6.56. The number of halogens is 1. The average Bonchev–Trinajstić information content (AvgIpc) is 2.89. The van der Waals surface area contributed by atoms with Crippen molar-refractivity contribution in [3.8, 4) is 0 Å². The van der Waals surface area contributed by atoms with Crippen LogP contribution in [0, 0.1) is 5.82 Å². The molecule has 0 aromatic heterocycles. The zero-order valence-electron chi connectivity index (χ0n) is 13.7. The minimum absolute atomic E-state index is 0.0164. The van der Waals surface area contributed by atoms with Gasteiger partial charge in [-0.1, -0.05) is 18.2 Å². The van der Waals surface area contributed by atoms with Gasteiger partial charge in [-0.2, -0.15) is 0 Å². The highest BCUT2D eigenvalue weighted by Gasteiger charge is 2.34. The second kappa shape index (κ2) is 8.43. The second-order valence-electron chi connectivity index (χ2n) is 5.82. The molecule has 0 bridgehead atoms. The van der Waals surface area contributed by atoms with Crippen molar-refractivity contribution < 1.29 is 22.3 Å². The van der Waals surface area contributed by atoms with Crippen LogP contribution in [0.15, 0.2) is 24.3 Å². The summed E-state index contributed by atoms with van der Waals surface area (Å²) in [4.78, 5) is 13.9. The summed E-state index contributed by atoms with van der Waals surface area (Å²) in [7, 11) is -1.55. The Morgan fingerprint density at radius 1 is 1.42 bits per heavy atom. The van der Waals surface area contributed by atoms with Crippen LogP contribution in [-0.2, 0) is 21.0 Å². The van der Waals surface area contributed by atoms with Crippen LogP contribution in [-0.4, -0.2) is 63.7 Å². The molecule has 1 atom stereocenters.